The Bertz CT molecular complexity index is 736. The zero-order chi connectivity index (χ0) is 17.1. The van der Waals surface area contributed by atoms with Crippen LogP contribution in [-0.2, 0) is 9.53 Å². The van der Waals surface area contributed by atoms with Crippen molar-refractivity contribution < 1.29 is 18.7 Å². The summed E-state index contributed by atoms with van der Waals surface area (Å²) in [5.41, 5.74) is 1.19. The average Bonchev–Trinajstić information content (AvgIpc) is 2.81. The van der Waals surface area contributed by atoms with Gasteiger partial charge in [-0.05, 0) is 38.0 Å². The minimum Gasteiger partial charge on any atom is -0.450 e. The number of benzene rings is 1. The predicted octanol–water partition coefficient (Wildman–Crippen LogP) is 3.71. The maximum absolute atomic E-state index is 12.1. The van der Waals surface area contributed by atoms with Crippen molar-refractivity contribution in [2.24, 2.45) is 5.92 Å². The van der Waals surface area contributed by atoms with E-state index in [1.807, 2.05) is 20.8 Å². The number of fused-ring (bicyclic) bond motifs is 1. The van der Waals surface area contributed by atoms with E-state index in [2.05, 4.69) is 5.32 Å². The van der Waals surface area contributed by atoms with Crippen LogP contribution in [0, 0.1) is 12.8 Å². The van der Waals surface area contributed by atoms with Crippen LogP contribution in [0.1, 0.15) is 36.9 Å². The maximum atomic E-state index is 12.1. The van der Waals surface area contributed by atoms with Crippen molar-refractivity contribution in [3.8, 4) is 0 Å². The second-order valence-corrected chi connectivity index (χ2v) is 6.31. The van der Waals surface area contributed by atoms with Crippen LogP contribution >= 0.6 is 11.6 Å². The van der Waals surface area contributed by atoms with Gasteiger partial charge in [-0.1, -0.05) is 25.4 Å². The number of furan rings is 1. The molecule has 124 valence electrons. The monoisotopic (exact) mass is 337 g/mol. The topological polar surface area (TPSA) is 68.5 Å². The number of ether oxygens (including phenoxy) is 1. The standard InChI is InChI=1S/C17H20ClNO4/c1-9(2)11(4)19-15(20)8-22-17(21)16-10(3)13-7-12(18)5-6-14(13)23-16/h5-7,9,11H,8H2,1-4H3,(H,19,20)/t11-/m1/s1. The Hall–Kier alpha value is -2.01. The number of esters is 1. The quantitative estimate of drug-likeness (QED) is 0.844. The normalized spacial score (nSPS) is 12.4. The molecule has 23 heavy (non-hydrogen) atoms. The number of hydrogen-bond acceptors (Lipinski definition) is 4. The van der Waals surface area contributed by atoms with E-state index in [1.54, 1.807) is 25.1 Å². The van der Waals surface area contributed by atoms with Gasteiger partial charge in [-0.15, -0.1) is 0 Å². The van der Waals surface area contributed by atoms with Crippen LogP contribution in [0.25, 0.3) is 11.0 Å². The molecule has 1 aromatic heterocycles. The van der Waals surface area contributed by atoms with Gasteiger partial charge in [0.25, 0.3) is 5.91 Å². The highest BCUT2D eigenvalue weighted by atomic mass is 35.5. The van der Waals surface area contributed by atoms with E-state index < -0.39 is 5.97 Å². The highest BCUT2D eigenvalue weighted by Gasteiger charge is 2.20. The van der Waals surface area contributed by atoms with Gasteiger partial charge in [-0.2, -0.15) is 0 Å². The van der Waals surface area contributed by atoms with E-state index in [4.69, 9.17) is 20.8 Å². The van der Waals surface area contributed by atoms with Crippen molar-refractivity contribution in [2.45, 2.75) is 33.7 Å². The van der Waals surface area contributed by atoms with Gasteiger partial charge in [-0.25, -0.2) is 4.79 Å². The fourth-order valence-corrected chi connectivity index (χ4v) is 2.22. The van der Waals surface area contributed by atoms with Gasteiger partial charge in [0.2, 0.25) is 5.76 Å². The highest BCUT2D eigenvalue weighted by molar-refractivity contribution is 6.31. The van der Waals surface area contributed by atoms with E-state index in [0.717, 1.165) is 5.39 Å². The van der Waals surface area contributed by atoms with Crippen molar-refractivity contribution in [1.82, 2.24) is 5.32 Å². The van der Waals surface area contributed by atoms with Crippen molar-refractivity contribution in [3.05, 3.63) is 34.5 Å². The molecule has 0 unspecified atom stereocenters. The summed E-state index contributed by atoms with van der Waals surface area (Å²) in [7, 11) is 0. The Balaban J connectivity index is 2.04. The molecule has 0 fully saturated rings. The second kappa shape index (κ2) is 7.04. The molecule has 1 amide bonds. The molecule has 0 aliphatic carbocycles. The van der Waals surface area contributed by atoms with Crippen LogP contribution in [0.15, 0.2) is 22.6 Å². The summed E-state index contributed by atoms with van der Waals surface area (Å²) in [6.07, 6.45) is 0. The van der Waals surface area contributed by atoms with E-state index >= 15 is 0 Å². The molecule has 1 N–H and O–H groups in total. The second-order valence-electron chi connectivity index (χ2n) is 5.87. The third kappa shape index (κ3) is 4.05. The molecule has 0 saturated heterocycles. The summed E-state index contributed by atoms with van der Waals surface area (Å²) >= 11 is 5.95. The number of hydrogen-bond donors (Lipinski definition) is 1. The molecular weight excluding hydrogens is 318 g/mol. The van der Waals surface area contributed by atoms with Crippen molar-refractivity contribution in [1.29, 1.82) is 0 Å². The number of aryl methyl sites for hydroxylation is 1. The highest BCUT2D eigenvalue weighted by Crippen LogP contribution is 2.28. The number of rotatable bonds is 5. The number of amides is 1. The third-order valence-corrected chi connectivity index (χ3v) is 4.04. The van der Waals surface area contributed by atoms with Gasteiger partial charge in [0.15, 0.2) is 6.61 Å². The molecule has 0 spiro atoms. The summed E-state index contributed by atoms with van der Waals surface area (Å²) in [4.78, 5) is 23.9. The maximum Gasteiger partial charge on any atom is 0.375 e. The van der Waals surface area contributed by atoms with Crippen molar-refractivity contribution in [2.75, 3.05) is 6.61 Å². The zero-order valence-electron chi connectivity index (χ0n) is 13.6. The summed E-state index contributed by atoms with van der Waals surface area (Å²) in [6.45, 7) is 7.31. The molecule has 0 aliphatic heterocycles. The Labute approximate surface area is 139 Å². The van der Waals surface area contributed by atoms with Crippen LogP contribution in [0.5, 0.6) is 0 Å². The molecule has 0 aliphatic rings. The SMILES string of the molecule is Cc1c(C(=O)OCC(=O)N[C@H](C)C(C)C)oc2ccc(Cl)cc12. The van der Waals surface area contributed by atoms with Gasteiger partial charge >= 0.3 is 5.97 Å². The van der Waals surface area contributed by atoms with Crippen molar-refractivity contribution >= 4 is 34.4 Å². The first-order chi connectivity index (χ1) is 10.8. The molecule has 0 bridgehead atoms. The lowest BCUT2D eigenvalue weighted by Crippen LogP contribution is -2.38. The fourth-order valence-electron chi connectivity index (χ4n) is 2.05. The smallest absolute Gasteiger partial charge is 0.375 e. The molecule has 5 nitrogen and oxygen atoms in total. The summed E-state index contributed by atoms with van der Waals surface area (Å²) in [5.74, 6) is -0.609. The molecule has 1 aromatic carbocycles. The number of carbonyl (C=O) groups is 2. The molecule has 0 saturated carbocycles. The van der Waals surface area contributed by atoms with Crippen LogP contribution in [-0.4, -0.2) is 24.5 Å². The van der Waals surface area contributed by atoms with Gasteiger partial charge < -0.3 is 14.5 Å². The Morgan fingerprint density at radius 2 is 2.00 bits per heavy atom. The minimum atomic E-state index is -0.665. The van der Waals surface area contributed by atoms with Crippen LogP contribution < -0.4 is 5.32 Å². The van der Waals surface area contributed by atoms with Crippen molar-refractivity contribution in [3.63, 3.8) is 0 Å². The molecule has 2 aromatic rings. The first-order valence-electron chi connectivity index (χ1n) is 7.44. The average molecular weight is 338 g/mol. The lowest BCUT2D eigenvalue weighted by molar-refractivity contribution is -0.125. The Morgan fingerprint density at radius 3 is 2.65 bits per heavy atom. The first-order valence-corrected chi connectivity index (χ1v) is 7.82. The first kappa shape index (κ1) is 17.3. The predicted molar refractivity (Wildman–Crippen MR) is 88.7 cm³/mol. The van der Waals surface area contributed by atoms with E-state index in [0.29, 0.717) is 22.1 Å². The largest absolute Gasteiger partial charge is 0.450 e. The number of halogens is 1. The molecule has 6 heteroatoms. The summed E-state index contributed by atoms with van der Waals surface area (Å²) in [6, 6.07) is 5.11. The minimum absolute atomic E-state index is 0.0104. The zero-order valence-corrected chi connectivity index (χ0v) is 14.4. The molecular formula is C17H20ClNO4. The van der Waals surface area contributed by atoms with E-state index in [-0.39, 0.29) is 24.3 Å². The lowest BCUT2D eigenvalue weighted by Gasteiger charge is -2.17. The van der Waals surface area contributed by atoms with E-state index in [9.17, 15) is 9.59 Å². The number of nitrogens with one attached hydrogen (secondary N) is 1. The third-order valence-electron chi connectivity index (χ3n) is 3.81. The van der Waals surface area contributed by atoms with Crippen LogP contribution in [0.4, 0.5) is 0 Å². The van der Waals surface area contributed by atoms with Gasteiger partial charge in [-0.3, -0.25) is 4.79 Å². The molecule has 0 radical (unpaired) electrons. The van der Waals surface area contributed by atoms with Gasteiger partial charge in [0.05, 0.1) is 0 Å². The van der Waals surface area contributed by atoms with Gasteiger partial charge in [0, 0.05) is 22.0 Å². The van der Waals surface area contributed by atoms with E-state index in [1.165, 1.54) is 0 Å². The summed E-state index contributed by atoms with van der Waals surface area (Å²) < 4.78 is 10.5. The Kier molecular flexibility index (Phi) is 5.31. The van der Waals surface area contributed by atoms with Crippen LogP contribution in [0.2, 0.25) is 5.02 Å². The molecule has 1 atom stereocenters. The molecule has 2 rings (SSSR count). The molecule has 1 heterocycles. The summed E-state index contributed by atoms with van der Waals surface area (Å²) in [5, 5.41) is 4.08. The van der Waals surface area contributed by atoms with Gasteiger partial charge in [0.1, 0.15) is 5.58 Å². The lowest BCUT2D eigenvalue weighted by atomic mass is 10.1. The van der Waals surface area contributed by atoms with Crippen LogP contribution in [0.3, 0.4) is 0 Å². The number of carbonyl (C=O) groups excluding carboxylic acids is 2. The Morgan fingerprint density at radius 1 is 1.30 bits per heavy atom. The fraction of sp³-hybridized carbons (Fsp3) is 0.412.